The summed E-state index contributed by atoms with van der Waals surface area (Å²) >= 11 is 0. The van der Waals surface area contributed by atoms with Gasteiger partial charge in [0, 0.05) is 35.6 Å². The molecule has 184 valence electrons. The van der Waals surface area contributed by atoms with Crippen molar-refractivity contribution < 1.29 is 19.4 Å². The van der Waals surface area contributed by atoms with Crippen LogP contribution in [0.25, 0.3) is 17.2 Å². The van der Waals surface area contributed by atoms with Crippen LogP contribution < -0.4 is 16.4 Å². The normalized spacial score (nSPS) is 13.5. The number of nitrogen functional groups attached to an aromatic ring is 1. The summed E-state index contributed by atoms with van der Waals surface area (Å²) in [7, 11) is 0. The number of carboxylic acid groups (broad SMARTS) is 1. The number of morpholine rings is 1. The molecule has 2 aromatic carbocycles. The molecule has 5 N–H and O–H groups in total. The lowest BCUT2D eigenvalue weighted by atomic mass is 10.1. The summed E-state index contributed by atoms with van der Waals surface area (Å²) < 4.78 is 6.86. The van der Waals surface area contributed by atoms with Gasteiger partial charge in [0.15, 0.2) is 11.6 Å². The molecule has 0 unspecified atom stereocenters. The highest BCUT2D eigenvalue weighted by Gasteiger charge is 2.19. The van der Waals surface area contributed by atoms with Gasteiger partial charge in [0.1, 0.15) is 0 Å². The first-order valence-corrected chi connectivity index (χ1v) is 11.3. The molecule has 2 aromatic heterocycles. The topological polar surface area (TPSA) is 160 Å². The van der Waals surface area contributed by atoms with Crippen LogP contribution in [0.5, 0.6) is 0 Å². The van der Waals surface area contributed by atoms with E-state index in [0.29, 0.717) is 55.0 Å². The van der Waals surface area contributed by atoms with Crippen LogP contribution in [0.4, 0.5) is 27.9 Å². The highest BCUT2D eigenvalue weighted by molar-refractivity contribution is 5.94. The highest BCUT2D eigenvalue weighted by atomic mass is 16.5. The predicted octanol–water partition coefficient (Wildman–Crippen LogP) is 2.99. The lowest BCUT2D eigenvalue weighted by Crippen LogP contribution is -2.40. The molecule has 5 rings (SSSR count). The summed E-state index contributed by atoms with van der Waals surface area (Å²) in [6, 6.07) is 12.5. The number of imidazole rings is 1. The number of hydrogen-bond donors (Lipinski definition) is 4. The maximum Gasteiger partial charge on any atom is 0.410 e. The Bertz CT molecular complexity index is 1440. The van der Waals surface area contributed by atoms with Crippen molar-refractivity contribution >= 4 is 40.9 Å². The zero-order valence-corrected chi connectivity index (χ0v) is 19.4. The van der Waals surface area contributed by atoms with E-state index in [2.05, 4.69) is 25.6 Å². The van der Waals surface area contributed by atoms with Crippen molar-refractivity contribution in [3.8, 4) is 11.4 Å². The van der Waals surface area contributed by atoms with Crippen LogP contribution in [0.3, 0.4) is 0 Å². The number of nitrogens with one attached hydrogen (secondary N) is 2. The number of ether oxygens (including phenoxy) is 1. The average molecular weight is 489 g/mol. The molecule has 3 heterocycles. The van der Waals surface area contributed by atoms with Crippen molar-refractivity contribution in [2.75, 3.05) is 42.7 Å². The van der Waals surface area contributed by atoms with E-state index < -0.39 is 6.09 Å². The summed E-state index contributed by atoms with van der Waals surface area (Å²) in [5.74, 6) is 1.03. The van der Waals surface area contributed by atoms with Gasteiger partial charge in [0.2, 0.25) is 11.7 Å². The number of benzene rings is 2. The molecule has 2 amide bonds. The van der Waals surface area contributed by atoms with Crippen LogP contribution in [-0.2, 0) is 4.74 Å². The fourth-order valence-corrected chi connectivity index (χ4v) is 3.93. The Hall–Kier alpha value is -4.71. The fourth-order valence-electron chi connectivity index (χ4n) is 3.93. The monoisotopic (exact) mass is 488 g/mol. The van der Waals surface area contributed by atoms with Gasteiger partial charge in [-0.25, -0.2) is 4.79 Å². The molecule has 36 heavy (non-hydrogen) atoms. The number of carbonyl (C=O) groups is 2. The Morgan fingerprint density at radius 1 is 1.06 bits per heavy atom. The molecule has 1 fully saturated rings. The average Bonchev–Trinajstić information content (AvgIpc) is 3.28. The molecule has 1 aliphatic rings. The van der Waals surface area contributed by atoms with Crippen molar-refractivity contribution in [3.05, 3.63) is 59.8 Å². The van der Waals surface area contributed by atoms with Gasteiger partial charge in [-0.05, 0) is 42.8 Å². The molecular formula is C24H24N8O4. The summed E-state index contributed by atoms with van der Waals surface area (Å²) in [5.41, 5.74) is 9.46. The number of carbonyl (C=O) groups excluding carboxylic acids is 1. The lowest BCUT2D eigenvalue weighted by Gasteiger charge is -2.26. The summed E-state index contributed by atoms with van der Waals surface area (Å²) in [5, 5.41) is 14.6. The van der Waals surface area contributed by atoms with Crippen molar-refractivity contribution in [1.82, 2.24) is 24.3 Å². The first kappa shape index (κ1) is 23.1. The molecular weight excluding hydrogens is 464 g/mol. The summed E-state index contributed by atoms with van der Waals surface area (Å²) in [4.78, 5) is 39.1. The Labute approximate surface area is 205 Å². The van der Waals surface area contributed by atoms with Gasteiger partial charge in [0.05, 0.1) is 19.4 Å². The van der Waals surface area contributed by atoms with Crippen molar-refractivity contribution in [2.24, 2.45) is 0 Å². The number of aromatic nitrogens is 4. The molecule has 4 aromatic rings. The van der Waals surface area contributed by atoms with E-state index in [9.17, 15) is 9.59 Å². The van der Waals surface area contributed by atoms with Gasteiger partial charge >= 0.3 is 6.09 Å². The third kappa shape index (κ3) is 4.61. The maximum absolute atomic E-state index is 12.7. The molecule has 0 saturated carbocycles. The van der Waals surface area contributed by atoms with Gasteiger partial charge in [-0.15, -0.1) is 0 Å². The largest absolute Gasteiger partial charge is 0.465 e. The minimum atomic E-state index is -1.24. The van der Waals surface area contributed by atoms with Gasteiger partial charge in [0.25, 0.3) is 5.91 Å². The molecule has 0 atom stereocenters. The van der Waals surface area contributed by atoms with Crippen LogP contribution in [0.2, 0.25) is 0 Å². The van der Waals surface area contributed by atoms with E-state index in [-0.39, 0.29) is 17.5 Å². The number of fused-ring (bicyclic) bond motifs is 1. The minimum absolute atomic E-state index is 0.0484. The number of nitrogens with two attached hydrogens (primary N) is 1. The second-order valence-corrected chi connectivity index (χ2v) is 8.22. The zero-order chi connectivity index (χ0) is 25.2. The molecule has 12 nitrogen and oxygen atoms in total. The van der Waals surface area contributed by atoms with Gasteiger partial charge in [-0.2, -0.15) is 15.0 Å². The first-order valence-electron chi connectivity index (χ1n) is 11.3. The number of amides is 2. The Balaban J connectivity index is 1.50. The standard InChI is InChI=1S/C24H24N8O4/c1-14-17(3-2-4-18(14)25)20-29-22(32-13-19(28-24(34)35)27-23(32)30-20)26-16-7-5-15(6-8-16)21(33)31-9-11-36-12-10-31/h2-8,13,28H,9-12,25H2,1H3,(H,34,35)(H,26,27,29,30). The fraction of sp³-hybridized carbons (Fsp3) is 0.208. The zero-order valence-electron chi connectivity index (χ0n) is 19.4. The van der Waals surface area contributed by atoms with Crippen LogP contribution in [0.15, 0.2) is 48.7 Å². The van der Waals surface area contributed by atoms with Crippen molar-refractivity contribution in [1.29, 1.82) is 0 Å². The van der Waals surface area contributed by atoms with Crippen LogP contribution in [0, 0.1) is 6.92 Å². The molecule has 12 heteroatoms. The first-order chi connectivity index (χ1) is 17.4. The molecule has 0 radical (unpaired) electrons. The van der Waals surface area contributed by atoms with Gasteiger partial charge in [-0.3, -0.25) is 14.5 Å². The van der Waals surface area contributed by atoms with Crippen LogP contribution in [0.1, 0.15) is 15.9 Å². The molecule has 0 aliphatic carbocycles. The second-order valence-electron chi connectivity index (χ2n) is 8.22. The van der Waals surface area contributed by atoms with E-state index in [0.717, 1.165) is 11.1 Å². The van der Waals surface area contributed by atoms with Crippen LogP contribution >= 0.6 is 0 Å². The van der Waals surface area contributed by atoms with Gasteiger partial charge < -0.3 is 25.8 Å². The highest BCUT2D eigenvalue weighted by Crippen LogP contribution is 2.27. The quantitative estimate of drug-likeness (QED) is 0.310. The van der Waals surface area contributed by atoms with E-state index in [1.165, 1.54) is 6.20 Å². The van der Waals surface area contributed by atoms with Crippen molar-refractivity contribution in [2.45, 2.75) is 6.92 Å². The predicted molar refractivity (Wildman–Crippen MR) is 133 cm³/mol. The van der Waals surface area contributed by atoms with E-state index >= 15 is 0 Å². The number of nitrogens with zero attached hydrogens (tertiary/aromatic N) is 5. The third-order valence-corrected chi connectivity index (χ3v) is 5.87. The van der Waals surface area contributed by atoms with Crippen LogP contribution in [-0.4, -0.2) is 67.7 Å². The summed E-state index contributed by atoms with van der Waals surface area (Å²) in [6.45, 7) is 4.08. The number of hydrogen-bond acceptors (Lipinski definition) is 8. The molecule has 1 aliphatic heterocycles. The Kier molecular flexibility index (Phi) is 6.09. The second kappa shape index (κ2) is 9.50. The van der Waals surface area contributed by atoms with Crippen molar-refractivity contribution in [3.63, 3.8) is 0 Å². The third-order valence-electron chi connectivity index (χ3n) is 5.87. The Morgan fingerprint density at radius 2 is 1.81 bits per heavy atom. The summed E-state index contributed by atoms with van der Waals surface area (Å²) in [6.07, 6.45) is 0.242. The lowest BCUT2D eigenvalue weighted by molar-refractivity contribution is 0.0303. The number of rotatable bonds is 5. The maximum atomic E-state index is 12.7. The molecule has 0 spiro atoms. The molecule has 1 saturated heterocycles. The van der Waals surface area contributed by atoms with E-state index in [1.54, 1.807) is 39.6 Å². The number of anilines is 4. The SMILES string of the molecule is Cc1c(N)cccc1-c1nc(Nc2ccc(C(=O)N3CCOCC3)cc2)n2cc(NC(=O)O)nc2n1. The van der Waals surface area contributed by atoms with Gasteiger partial charge in [-0.1, -0.05) is 12.1 Å². The smallest absolute Gasteiger partial charge is 0.410 e. The van der Waals surface area contributed by atoms with E-state index in [1.807, 2.05) is 19.1 Å². The minimum Gasteiger partial charge on any atom is -0.465 e. The van der Waals surface area contributed by atoms with E-state index in [4.69, 9.17) is 15.6 Å². The molecule has 0 bridgehead atoms. The Morgan fingerprint density at radius 3 is 2.53 bits per heavy atom.